The number of pyridine rings is 1. The van der Waals surface area contributed by atoms with Crippen molar-refractivity contribution in [2.45, 2.75) is 26.3 Å². The van der Waals surface area contributed by atoms with Gasteiger partial charge in [-0.3, -0.25) is 4.79 Å². The predicted molar refractivity (Wildman–Crippen MR) is 105 cm³/mol. The lowest BCUT2D eigenvalue weighted by Gasteiger charge is -2.28. The maximum absolute atomic E-state index is 13.3. The number of benzene rings is 1. The minimum atomic E-state index is -4.58. The van der Waals surface area contributed by atoms with Crippen molar-refractivity contribution in [3.63, 3.8) is 0 Å². The maximum atomic E-state index is 13.3. The van der Waals surface area contributed by atoms with Crippen molar-refractivity contribution >= 4 is 17.4 Å². The molecule has 0 spiro atoms. The minimum Gasteiger partial charge on any atom is -0.476 e. The molecule has 164 valence electrons. The zero-order valence-corrected chi connectivity index (χ0v) is 17.3. The van der Waals surface area contributed by atoms with Crippen molar-refractivity contribution in [3.8, 4) is 11.6 Å². The summed E-state index contributed by atoms with van der Waals surface area (Å²) in [6.07, 6.45) is -2.49. The third-order valence-electron chi connectivity index (χ3n) is 4.26. The number of carbonyl (C=O) groups is 1. The standard InChI is InChI=1S/C20H18ClF3N4O3/c1-19(2,10-30-17-15(21)8-13(9-26-17)20(22,23)24)16(29)18(28-12-25-11-27-28)31-14-6-4-3-5-7-14/h3-9,11-12,18H,10H2,1-2H3. The normalized spacial score (nSPS) is 13.0. The lowest BCUT2D eigenvalue weighted by atomic mass is 9.88. The highest BCUT2D eigenvalue weighted by Gasteiger charge is 2.38. The van der Waals surface area contributed by atoms with Gasteiger partial charge in [0, 0.05) is 6.20 Å². The topological polar surface area (TPSA) is 79.1 Å². The first kappa shape index (κ1) is 22.5. The van der Waals surface area contributed by atoms with Gasteiger partial charge in [0.25, 0.3) is 6.23 Å². The second kappa shape index (κ2) is 8.93. The van der Waals surface area contributed by atoms with Crippen molar-refractivity contribution in [2.75, 3.05) is 6.61 Å². The van der Waals surface area contributed by atoms with Gasteiger partial charge in [-0.2, -0.15) is 18.3 Å². The van der Waals surface area contributed by atoms with E-state index in [1.54, 1.807) is 44.2 Å². The summed E-state index contributed by atoms with van der Waals surface area (Å²) in [5.74, 6) is -0.165. The van der Waals surface area contributed by atoms with Crippen LogP contribution in [0.2, 0.25) is 5.02 Å². The van der Waals surface area contributed by atoms with E-state index >= 15 is 0 Å². The Labute approximate surface area is 180 Å². The highest BCUT2D eigenvalue weighted by atomic mass is 35.5. The lowest BCUT2D eigenvalue weighted by molar-refractivity contribution is -0.140. The van der Waals surface area contributed by atoms with E-state index in [-0.39, 0.29) is 17.5 Å². The molecule has 0 aliphatic rings. The van der Waals surface area contributed by atoms with Crippen molar-refractivity contribution < 1.29 is 27.4 Å². The van der Waals surface area contributed by atoms with Crippen molar-refractivity contribution in [3.05, 3.63) is 65.8 Å². The van der Waals surface area contributed by atoms with E-state index < -0.39 is 29.2 Å². The van der Waals surface area contributed by atoms with E-state index in [4.69, 9.17) is 21.1 Å². The highest BCUT2D eigenvalue weighted by molar-refractivity contribution is 6.31. The zero-order chi connectivity index (χ0) is 22.6. The number of carbonyl (C=O) groups excluding carboxylic acids is 1. The number of nitrogens with zero attached hydrogens (tertiary/aromatic N) is 4. The van der Waals surface area contributed by atoms with Crippen molar-refractivity contribution in [2.24, 2.45) is 5.41 Å². The Morgan fingerprint density at radius 2 is 1.94 bits per heavy atom. The lowest BCUT2D eigenvalue weighted by Crippen LogP contribution is -2.40. The molecular weight excluding hydrogens is 437 g/mol. The highest BCUT2D eigenvalue weighted by Crippen LogP contribution is 2.34. The Morgan fingerprint density at radius 3 is 2.52 bits per heavy atom. The summed E-state index contributed by atoms with van der Waals surface area (Å²) in [7, 11) is 0. The molecule has 0 aliphatic heterocycles. The number of ether oxygens (including phenoxy) is 2. The van der Waals surface area contributed by atoms with E-state index in [2.05, 4.69) is 15.1 Å². The van der Waals surface area contributed by atoms with Crippen LogP contribution >= 0.6 is 11.6 Å². The molecule has 11 heteroatoms. The minimum absolute atomic E-state index is 0.211. The number of halogens is 4. The van der Waals surface area contributed by atoms with Gasteiger partial charge in [-0.1, -0.05) is 29.8 Å². The number of para-hydroxylation sites is 1. The van der Waals surface area contributed by atoms with Gasteiger partial charge in [0.15, 0.2) is 0 Å². The van der Waals surface area contributed by atoms with Gasteiger partial charge in [-0.25, -0.2) is 14.6 Å². The predicted octanol–water partition coefficient (Wildman–Crippen LogP) is 4.60. The van der Waals surface area contributed by atoms with Crippen LogP contribution in [0.3, 0.4) is 0 Å². The molecule has 2 heterocycles. The fourth-order valence-corrected chi connectivity index (χ4v) is 2.76. The number of hydrogen-bond donors (Lipinski definition) is 0. The van der Waals surface area contributed by atoms with E-state index in [1.807, 2.05) is 0 Å². The summed E-state index contributed by atoms with van der Waals surface area (Å²) in [6, 6.07) is 9.40. The number of ketones is 1. The van der Waals surface area contributed by atoms with Gasteiger partial charge in [0.05, 0.1) is 11.0 Å². The molecule has 0 fully saturated rings. The Morgan fingerprint density at radius 1 is 1.23 bits per heavy atom. The molecule has 2 aromatic heterocycles. The molecule has 7 nitrogen and oxygen atoms in total. The van der Waals surface area contributed by atoms with Gasteiger partial charge in [0.1, 0.15) is 30.0 Å². The largest absolute Gasteiger partial charge is 0.476 e. The summed E-state index contributed by atoms with van der Waals surface area (Å²) in [5, 5.41) is 3.68. The van der Waals surface area contributed by atoms with Crippen LogP contribution in [0.5, 0.6) is 11.6 Å². The van der Waals surface area contributed by atoms with Gasteiger partial charge >= 0.3 is 6.18 Å². The fraction of sp³-hybridized carbons (Fsp3) is 0.300. The molecule has 0 aliphatic carbocycles. The second-order valence-corrected chi connectivity index (χ2v) is 7.61. The molecule has 3 rings (SSSR count). The Bertz CT molecular complexity index is 1030. The zero-order valence-electron chi connectivity index (χ0n) is 16.5. The van der Waals surface area contributed by atoms with E-state index in [0.29, 0.717) is 11.9 Å². The van der Waals surface area contributed by atoms with Gasteiger partial charge < -0.3 is 9.47 Å². The first-order valence-corrected chi connectivity index (χ1v) is 9.41. The SMILES string of the molecule is CC(C)(COc1ncc(C(F)(F)F)cc1Cl)C(=O)C(Oc1ccccc1)n1cncn1. The van der Waals surface area contributed by atoms with Crippen LogP contribution in [0.25, 0.3) is 0 Å². The van der Waals surface area contributed by atoms with Gasteiger partial charge in [-0.05, 0) is 32.0 Å². The van der Waals surface area contributed by atoms with Gasteiger partial charge in [-0.15, -0.1) is 0 Å². The first-order valence-electron chi connectivity index (χ1n) is 9.03. The molecule has 1 atom stereocenters. The van der Waals surface area contributed by atoms with Crippen LogP contribution in [0.1, 0.15) is 25.6 Å². The molecule has 31 heavy (non-hydrogen) atoms. The van der Waals surface area contributed by atoms with Crippen LogP contribution < -0.4 is 9.47 Å². The smallest absolute Gasteiger partial charge is 0.417 e. The van der Waals surface area contributed by atoms with Crippen molar-refractivity contribution in [1.29, 1.82) is 0 Å². The van der Waals surface area contributed by atoms with E-state index in [0.717, 1.165) is 6.07 Å². The molecule has 1 aromatic carbocycles. The summed E-state index contributed by atoms with van der Waals surface area (Å²) in [5.41, 5.74) is -2.14. The molecule has 0 saturated heterocycles. The van der Waals surface area contributed by atoms with Crippen molar-refractivity contribution in [1.82, 2.24) is 19.7 Å². The Balaban J connectivity index is 1.77. The Kier molecular flexibility index (Phi) is 6.49. The molecule has 0 amide bonds. The summed E-state index contributed by atoms with van der Waals surface area (Å²) in [4.78, 5) is 20.7. The second-order valence-electron chi connectivity index (χ2n) is 7.20. The van der Waals surface area contributed by atoms with Crippen LogP contribution in [0.15, 0.2) is 55.2 Å². The Hall–Kier alpha value is -3.14. The monoisotopic (exact) mass is 454 g/mol. The van der Waals surface area contributed by atoms with E-state index in [1.165, 1.54) is 17.3 Å². The summed E-state index contributed by atoms with van der Waals surface area (Å²) < 4.78 is 50.9. The summed E-state index contributed by atoms with van der Waals surface area (Å²) in [6.45, 7) is 2.99. The third kappa shape index (κ3) is 5.52. The molecule has 0 radical (unpaired) electrons. The molecular formula is C20H18ClF3N4O3. The summed E-state index contributed by atoms with van der Waals surface area (Å²) >= 11 is 5.88. The molecule has 3 aromatic rings. The quantitative estimate of drug-likeness (QED) is 0.495. The molecule has 0 saturated carbocycles. The average Bonchev–Trinajstić information content (AvgIpc) is 3.25. The van der Waals surface area contributed by atoms with Crippen LogP contribution in [0, 0.1) is 5.41 Å². The fourth-order valence-electron chi connectivity index (χ4n) is 2.53. The maximum Gasteiger partial charge on any atom is 0.417 e. The van der Waals surface area contributed by atoms with Crippen LogP contribution in [-0.4, -0.2) is 32.1 Å². The van der Waals surface area contributed by atoms with Crippen LogP contribution in [-0.2, 0) is 11.0 Å². The molecule has 1 unspecified atom stereocenters. The molecule has 0 N–H and O–H groups in total. The van der Waals surface area contributed by atoms with Gasteiger partial charge in [0.2, 0.25) is 11.7 Å². The van der Waals surface area contributed by atoms with E-state index in [9.17, 15) is 18.0 Å². The first-order chi connectivity index (χ1) is 14.6. The molecule has 0 bridgehead atoms. The third-order valence-corrected chi connectivity index (χ3v) is 4.53. The average molecular weight is 455 g/mol. The number of Topliss-reactive ketones (excluding diaryl/α,β-unsaturated/α-hetero) is 1. The number of aromatic nitrogens is 4. The number of alkyl halides is 3. The number of hydrogen-bond acceptors (Lipinski definition) is 6. The van der Waals surface area contributed by atoms with Crippen LogP contribution in [0.4, 0.5) is 13.2 Å². The number of rotatable bonds is 8.